The lowest BCUT2D eigenvalue weighted by Gasteiger charge is -2.38. The number of fused-ring (bicyclic) bond motifs is 2. The Morgan fingerprint density at radius 1 is 1.07 bits per heavy atom. The van der Waals surface area contributed by atoms with Crippen molar-refractivity contribution in [3.05, 3.63) is 89.4 Å². The maximum absolute atomic E-state index is 13.3. The van der Waals surface area contributed by atoms with Crippen LogP contribution in [-0.4, -0.2) is 20.5 Å². The minimum Gasteiger partial charge on any atom is -0.328 e. The number of nitrogens with zero attached hydrogens (tertiary/aromatic N) is 3. The standard InChI is InChI=1S/C22H20N4O/c1-14-7-5-6-10-17(14)16-11-18-20(19(27)12-16)21(15-8-3-2-4-9-15)26-22(25-18)23-13-24-26/h2-11,13,16,20-21H,12H2,1H3,(H,23,24,25)/t16-,20+,21+/m1/s1. The fraction of sp³-hybridized carbons (Fsp3) is 0.227. The van der Waals surface area contributed by atoms with Crippen LogP contribution in [0, 0.1) is 12.8 Å². The number of rotatable bonds is 2. The molecule has 0 radical (unpaired) electrons. The molecule has 2 aliphatic rings. The molecule has 3 atom stereocenters. The molecule has 1 aromatic heterocycles. The third-order valence-electron chi connectivity index (χ3n) is 5.62. The van der Waals surface area contributed by atoms with Crippen LogP contribution in [0.3, 0.4) is 0 Å². The zero-order chi connectivity index (χ0) is 18.4. The molecule has 0 fully saturated rings. The summed E-state index contributed by atoms with van der Waals surface area (Å²) >= 11 is 0. The lowest BCUT2D eigenvalue weighted by atomic mass is 9.75. The Hall–Kier alpha value is -3.21. The quantitative estimate of drug-likeness (QED) is 0.757. The molecule has 2 aromatic carbocycles. The average Bonchev–Trinajstić information content (AvgIpc) is 3.15. The predicted molar refractivity (Wildman–Crippen MR) is 103 cm³/mol. The van der Waals surface area contributed by atoms with Crippen LogP contribution in [0.5, 0.6) is 0 Å². The highest BCUT2D eigenvalue weighted by molar-refractivity contribution is 5.88. The fourth-order valence-electron chi connectivity index (χ4n) is 4.36. The van der Waals surface area contributed by atoms with E-state index in [-0.39, 0.29) is 23.7 Å². The molecule has 1 aliphatic carbocycles. The van der Waals surface area contributed by atoms with Gasteiger partial charge >= 0.3 is 0 Å². The van der Waals surface area contributed by atoms with Gasteiger partial charge < -0.3 is 5.32 Å². The minimum absolute atomic E-state index is 0.0864. The Bertz CT molecular complexity index is 1040. The summed E-state index contributed by atoms with van der Waals surface area (Å²) in [6, 6.07) is 18.2. The van der Waals surface area contributed by atoms with Crippen LogP contribution < -0.4 is 5.32 Å². The molecule has 0 saturated heterocycles. The second kappa shape index (κ2) is 6.20. The van der Waals surface area contributed by atoms with Crippen molar-refractivity contribution in [3.63, 3.8) is 0 Å². The molecule has 0 spiro atoms. The van der Waals surface area contributed by atoms with Gasteiger partial charge in [-0.25, -0.2) is 4.68 Å². The van der Waals surface area contributed by atoms with Gasteiger partial charge in [0, 0.05) is 18.0 Å². The molecule has 134 valence electrons. The number of carbonyl (C=O) groups excluding carboxylic acids is 1. The first-order chi connectivity index (χ1) is 13.2. The molecule has 0 saturated carbocycles. The highest BCUT2D eigenvalue weighted by Gasteiger charge is 2.43. The zero-order valence-corrected chi connectivity index (χ0v) is 15.0. The van der Waals surface area contributed by atoms with Crippen LogP contribution in [0.2, 0.25) is 0 Å². The smallest absolute Gasteiger partial charge is 0.226 e. The van der Waals surface area contributed by atoms with Crippen molar-refractivity contribution in [1.29, 1.82) is 0 Å². The highest BCUT2D eigenvalue weighted by Crippen LogP contribution is 2.44. The number of aryl methyl sites for hydroxylation is 1. The Morgan fingerprint density at radius 3 is 2.67 bits per heavy atom. The van der Waals surface area contributed by atoms with Gasteiger partial charge in [0.05, 0.1) is 12.0 Å². The van der Waals surface area contributed by atoms with Gasteiger partial charge in [0.1, 0.15) is 12.1 Å². The number of benzene rings is 2. The van der Waals surface area contributed by atoms with E-state index in [1.54, 1.807) is 6.33 Å². The normalized spacial score (nSPS) is 23.8. The number of hydrogen-bond acceptors (Lipinski definition) is 4. The molecule has 1 aliphatic heterocycles. The van der Waals surface area contributed by atoms with Crippen LogP contribution in [-0.2, 0) is 4.79 Å². The number of anilines is 1. The number of Topliss-reactive ketones (excluding diaryl/α,β-unsaturated/α-hetero) is 1. The van der Waals surface area contributed by atoms with Crippen LogP contribution in [0.25, 0.3) is 0 Å². The average molecular weight is 356 g/mol. The van der Waals surface area contributed by atoms with Crippen molar-refractivity contribution in [2.75, 3.05) is 5.32 Å². The zero-order valence-electron chi connectivity index (χ0n) is 15.0. The van der Waals surface area contributed by atoms with E-state index in [1.807, 2.05) is 35.0 Å². The van der Waals surface area contributed by atoms with E-state index in [0.29, 0.717) is 12.4 Å². The monoisotopic (exact) mass is 356 g/mol. The summed E-state index contributed by atoms with van der Waals surface area (Å²) in [5, 5.41) is 7.75. The van der Waals surface area contributed by atoms with Crippen molar-refractivity contribution < 1.29 is 4.79 Å². The molecule has 5 nitrogen and oxygen atoms in total. The molecule has 0 unspecified atom stereocenters. The number of hydrogen-bond donors (Lipinski definition) is 1. The number of allylic oxidation sites excluding steroid dienone is 2. The van der Waals surface area contributed by atoms with Gasteiger partial charge in [-0.3, -0.25) is 4.79 Å². The Labute approximate surface area is 157 Å². The van der Waals surface area contributed by atoms with Crippen molar-refractivity contribution in [1.82, 2.24) is 14.8 Å². The number of nitrogens with one attached hydrogen (secondary N) is 1. The minimum atomic E-state index is -0.262. The van der Waals surface area contributed by atoms with E-state index in [9.17, 15) is 4.79 Å². The first kappa shape index (κ1) is 16.0. The van der Waals surface area contributed by atoms with Gasteiger partial charge in [0.25, 0.3) is 0 Å². The Balaban J connectivity index is 1.63. The molecule has 27 heavy (non-hydrogen) atoms. The van der Waals surface area contributed by atoms with Crippen LogP contribution >= 0.6 is 0 Å². The topological polar surface area (TPSA) is 59.8 Å². The lowest BCUT2D eigenvalue weighted by molar-refractivity contribution is -0.123. The first-order valence-corrected chi connectivity index (χ1v) is 9.24. The molecule has 3 aromatic rings. The first-order valence-electron chi connectivity index (χ1n) is 9.24. The summed E-state index contributed by atoms with van der Waals surface area (Å²) in [4.78, 5) is 17.6. The molecule has 5 rings (SSSR count). The number of ketones is 1. The van der Waals surface area contributed by atoms with Gasteiger partial charge in [-0.05, 0) is 23.6 Å². The molecule has 0 amide bonds. The molecular formula is C22H20N4O. The summed E-state index contributed by atoms with van der Waals surface area (Å²) in [5.74, 6) is 0.748. The van der Waals surface area contributed by atoms with Crippen molar-refractivity contribution in [2.24, 2.45) is 5.92 Å². The van der Waals surface area contributed by atoms with Gasteiger partial charge in [0.2, 0.25) is 5.95 Å². The lowest BCUT2D eigenvalue weighted by Crippen LogP contribution is -2.40. The SMILES string of the molecule is Cc1ccccc1[C@@H]1C=C2Nc3ncnn3[C@@H](c3ccccc3)[C@@H]2C(=O)C1. The number of carbonyl (C=O) groups is 1. The van der Waals surface area contributed by atoms with E-state index < -0.39 is 0 Å². The van der Waals surface area contributed by atoms with Crippen LogP contribution in [0.4, 0.5) is 5.95 Å². The summed E-state index contributed by atoms with van der Waals surface area (Å²) in [6.45, 7) is 2.10. The van der Waals surface area contributed by atoms with Gasteiger partial charge in [-0.2, -0.15) is 10.1 Å². The van der Waals surface area contributed by atoms with E-state index in [2.05, 4.69) is 52.7 Å². The van der Waals surface area contributed by atoms with E-state index in [0.717, 1.165) is 11.3 Å². The second-order valence-corrected chi connectivity index (χ2v) is 7.24. The van der Waals surface area contributed by atoms with Gasteiger partial charge in [-0.15, -0.1) is 0 Å². The molecule has 0 bridgehead atoms. The summed E-state index contributed by atoms with van der Waals surface area (Å²) in [6.07, 6.45) is 4.26. The molecule has 2 heterocycles. The molecular weight excluding hydrogens is 336 g/mol. The molecule has 1 N–H and O–H groups in total. The van der Waals surface area contributed by atoms with Crippen molar-refractivity contribution in [2.45, 2.75) is 25.3 Å². The predicted octanol–water partition coefficient (Wildman–Crippen LogP) is 3.86. The van der Waals surface area contributed by atoms with E-state index >= 15 is 0 Å². The third kappa shape index (κ3) is 2.58. The summed E-state index contributed by atoms with van der Waals surface area (Å²) in [7, 11) is 0. The summed E-state index contributed by atoms with van der Waals surface area (Å²) in [5.41, 5.74) is 4.43. The maximum Gasteiger partial charge on any atom is 0.226 e. The van der Waals surface area contributed by atoms with Crippen LogP contribution in [0.1, 0.15) is 35.1 Å². The largest absolute Gasteiger partial charge is 0.328 e. The van der Waals surface area contributed by atoms with Crippen molar-refractivity contribution in [3.8, 4) is 0 Å². The van der Waals surface area contributed by atoms with E-state index in [4.69, 9.17) is 0 Å². The van der Waals surface area contributed by atoms with Crippen LogP contribution in [0.15, 0.2) is 72.7 Å². The Morgan fingerprint density at radius 2 is 1.85 bits per heavy atom. The highest BCUT2D eigenvalue weighted by atomic mass is 16.1. The van der Waals surface area contributed by atoms with E-state index in [1.165, 1.54) is 11.1 Å². The number of aromatic nitrogens is 3. The third-order valence-corrected chi connectivity index (χ3v) is 5.62. The maximum atomic E-state index is 13.3. The Kier molecular flexibility index (Phi) is 3.67. The van der Waals surface area contributed by atoms with Gasteiger partial charge in [0.15, 0.2) is 0 Å². The van der Waals surface area contributed by atoms with Gasteiger partial charge in [-0.1, -0.05) is 60.7 Å². The fourth-order valence-corrected chi connectivity index (χ4v) is 4.36. The van der Waals surface area contributed by atoms with Crippen molar-refractivity contribution >= 4 is 11.7 Å². The second-order valence-electron chi connectivity index (χ2n) is 7.24. The summed E-state index contributed by atoms with van der Waals surface area (Å²) < 4.78 is 1.84. The molecule has 5 heteroatoms.